The molecule has 1 heterocycles. The Bertz CT molecular complexity index is 595. The third kappa shape index (κ3) is 2.05. The third-order valence-corrected chi connectivity index (χ3v) is 3.15. The van der Waals surface area contributed by atoms with Crippen LogP contribution in [0, 0.1) is 11.3 Å². The summed E-state index contributed by atoms with van der Waals surface area (Å²) in [5.74, 6) is -0.393. The zero-order valence-electron chi connectivity index (χ0n) is 9.14. The lowest BCUT2D eigenvalue weighted by atomic mass is 9.99. The van der Waals surface area contributed by atoms with Gasteiger partial charge in [-0.05, 0) is 17.0 Å². The Hall–Kier alpha value is -2.12. The molecule has 4 heteroatoms. The highest BCUT2D eigenvalue weighted by atomic mass is 32.1. The van der Waals surface area contributed by atoms with Crippen LogP contribution in [0.5, 0.6) is 0 Å². The van der Waals surface area contributed by atoms with Gasteiger partial charge in [0.05, 0.1) is 18.2 Å². The van der Waals surface area contributed by atoms with Crippen LogP contribution in [0.2, 0.25) is 0 Å². The Morgan fingerprint density at radius 2 is 2.06 bits per heavy atom. The highest BCUT2D eigenvalue weighted by Crippen LogP contribution is 2.30. The van der Waals surface area contributed by atoms with Crippen LogP contribution in [-0.2, 0) is 4.74 Å². The minimum absolute atomic E-state index is 0.393. The number of methoxy groups -OCH3 is 1. The minimum atomic E-state index is -0.393. The van der Waals surface area contributed by atoms with Gasteiger partial charge >= 0.3 is 5.97 Å². The first kappa shape index (κ1) is 11.4. The molecule has 0 unspecified atom stereocenters. The molecule has 0 saturated carbocycles. The van der Waals surface area contributed by atoms with Crippen LogP contribution >= 0.6 is 11.3 Å². The van der Waals surface area contributed by atoms with Crippen molar-refractivity contribution in [3.8, 4) is 17.2 Å². The van der Waals surface area contributed by atoms with Crippen molar-refractivity contribution < 1.29 is 9.53 Å². The number of carbonyl (C=O) groups is 1. The van der Waals surface area contributed by atoms with Crippen LogP contribution in [0.25, 0.3) is 11.1 Å². The van der Waals surface area contributed by atoms with E-state index >= 15 is 0 Å². The molecule has 0 N–H and O–H groups in total. The van der Waals surface area contributed by atoms with Gasteiger partial charge in [0.25, 0.3) is 0 Å². The summed E-state index contributed by atoms with van der Waals surface area (Å²) < 4.78 is 4.73. The molecule has 2 aromatic rings. The van der Waals surface area contributed by atoms with E-state index in [4.69, 9.17) is 10.00 Å². The van der Waals surface area contributed by atoms with Crippen molar-refractivity contribution in [3.05, 3.63) is 46.2 Å². The van der Waals surface area contributed by atoms with Gasteiger partial charge < -0.3 is 4.74 Å². The van der Waals surface area contributed by atoms with Crippen molar-refractivity contribution in [2.24, 2.45) is 0 Å². The van der Waals surface area contributed by atoms with Crippen LogP contribution in [0.1, 0.15) is 15.9 Å². The van der Waals surface area contributed by atoms with Crippen LogP contribution in [0.15, 0.2) is 35.0 Å². The zero-order valence-corrected chi connectivity index (χ0v) is 9.95. The van der Waals surface area contributed by atoms with E-state index in [9.17, 15) is 4.79 Å². The predicted octanol–water partition coefficient (Wildman–Crippen LogP) is 3.07. The van der Waals surface area contributed by atoms with Gasteiger partial charge in [0.15, 0.2) is 0 Å². The van der Waals surface area contributed by atoms with E-state index in [-0.39, 0.29) is 0 Å². The molecule has 0 radical (unpaired) electrons. The molecular weight excluding hydrogens is 234 g/mol. The number of nitriles is 1. The molecule has 0 atom stereocenters. The average Bonchev–Trinajstić information content (AvgIpc) is 2.86. The molecule has 3 nitrogen and oxygen atoms in total. The topological polar surface area (TPSA) is 50.1 Å². The molecule has 17 heavy (non-hydrogen) atoms. The molecule has 0 saturated heterocycles. The van der Waals surface area contributed by atoms with Crippen LogP contribution in [0.3, 0.4) is 0 Å². The quantitative estimate of drug-likeness (QED) is 0.761. The maximum atomic E-state index is 11.6. The molecule has 1 aromatic heterocycles. The van der Waals surface area contributed by atoms with Gasteiger partial charge in [-0.25, -0.2) is 4.79 Å². The van der Waals surface area contributed by atoms with Gasteiger partial charge in [0.1, 0.15) is 6.07 Å². The number of hydrogen-bond donors (Lipinski definition) is 0. The summed E-state index contributed by atoms with van der Waals surface area (Å²) in [6, 6.07) is 9.23. The van der Waals surface area contributed by atoms with Crippen LogP contribution in [0.4, 0.5) is 0 Å². The van der Waals surface area contributed by atoms with E-state index < -0.39 is 5.97 Å². The first-order valence-electron chi connectivity index (χ1n) is 4.92. The molecule has 1 aromatic carbocycles. The van der Waals surface area contributed by atoms with Crippen molar-refractivity contribution in [2.75, 3.05) is 7.11 Å². The van der Waals surface area contributed by atoms with E-state index in [0.717, 1.165) is 11.1 Å². The molecule has 0 aliphatic rings. The highest BCUT2D eigenvalue weighted by molar-refractivity contribution is 7.08. The Kier molecular flexibility index (Phi) is 3.22. The van der Waals surface area contributed by atoms with Gasteiger partial charge in [0, 0.05) is 10.9 Å². The number of carbonyl (C=O) groups excluding carboxylic acids is 1. The summed E-state index contributed by atoms with van der Waals surface area (Å²) >= 11 is 1.44. The molecule has 84 valence electrons. The minimum Gasteiger partial charge on any atom is -0.465 e. The Labute approximate surface area is 103 Å². The number of esters is 1. The summed E-state index contributed by atoms with van der Waals surface area (Å²) in [4.78, 5) is 11.6. The SMILES string of the molecule is COC(=O)c1ccccc1-c1cscc1C#N. The summed E-state index contributed by atoms with van der Waals surface area (Å²) in [6.07, 6.45) is 0. The second-order valence-electron chi connectivity index (χ2n) is 3.35. The van der Waals surface area contributed by atoms with E-state index in [0.29, 0.717) is 11.1 Å². The average molecular weight is 243 g/mol. The fourth-order valence-electron chi connectivity index (χ4n) is 1.60. The summed E-state index contributed by atoms with van der Waals surface area (Å²) in [5.41, 5.74) is 2.56. The van der Waals surface area contributed by atoms with Crippen molar-refractivity contribution >= 4 is 17.3 Å². The standard InChI is InChI=1S/C13H9NO2S/c1-16-13(15)11-5-3-2-4-10(11)12-8-17-7-9(12)6-14/h2-5,7-8H,1H3. The second kappa shape index (κ2) is 4.81. The van der Waals surface area contributed by atoms with Crippen molar-refractivity contribution in [1.29, 1.82) is 5.26 Å². The molecule has 0 spiro atoms. The monoisotopic (exact) mass is 243 g/mol. The van der Waals surface area contributed by atoms with Crippen LogP contribution in [-0.4, -0.2) is 13.1 Å². The molecule has 0 amide bonds. The maximum Gasteiger partial charge on any atom is 0.338 e. The lowest BCUT2D eigenvalue weighted by molar-refractivity contribution is 0.0601. The van der Waals surface area contributed by atoms with E-state index in [2.05, 4.69) is 6.07 Å². The fourth-order valence-corrected chi connectivity index (χ4v) is 2.37. The number of benzene rings is 1. The van der Waals surface area contributed by atoms with Gasteiger partial charge in [-0.3, -0.25) is 0 Å². The normalized spacial score (nSPS) is 9.65. The number of ether oxygens (including phenoxy) is 1. The lowest BCUT2D eigenvalue weighted by Crippen LogP contribution is -2.03. The summed E-state index contributed by atoms with van der Waals surface area (Å²) in [7, 11) is 1.35. The molecule has 0 fully saturated rings. The Morgan fingerprint density at radius 3 is 2.76 bits per heavy atom. The first-order chi connectivity index (χ1) is 8.27. The summed E-state index contributed by atoms with van der Waals surface area (Å²) in [5, 5.41) is 12.6. The van der Waals surface area contributed by atoms with Crippen molar-refractivity contribution in [2.45, 2.75) is 0 Å². The van der Waals surface area contributed by atoms with Crippen molar-refractivity contribution in [1.82, 2.24) is 0 Å². The number of nitrogens with zero attached hydrogens (tertiary/aromatic N) is 1. The first-order valence-corrected chi connectivity index (χ1v) is 5.86. The Balaban J connectivity index is 2.61. The number of hydrogen-bond acceptors (Lipinski definition) is 4. The zero-order chi connectivity index (χ0) is 12.3. The van der Waals surface area contributed by atoms with Gasteiger partial charge in [0.2, 0.25) is 0 Å². The highest BCUT2D eigenvalue weighted by Gasteiger charge is 2.15. The molecule has 0 aliphatic heterocycles. The number of rotatable bonds is 2. The van der Waals surface area contributed by atoms with E-state index in [1.54, 1.807) is 17.5 Å². The molecular formula is C13H9NO2S. The lowest BCUT2D eigenvalue weighted by Gasteiger charge is -2.06. The molecule has 0 aliphatic carbocycles. The summed E-state index contributed by atoms with van der Waals surface area (Å²) in [6.45, 7) is 0. The van der Waals surface area contributed by atoms with E-state index in [1.165, 1.54) is 18.4 Å². The Morgan fingerprint density at radius 1 is 1.29 bits per heavy atom. The van der Waals surface area contributed by atoms with Crippen molar-refractivity contribution in [3.63, 3.8) is 0 Å². The largest absolute Gasteiger partial charge is 0.465 e. The van der Waals surface area contributed by atoms with Gasteiger partial charge in [-0.2, -0.15) is 16.6 Å². The predicted molar refractivity (Wildman–Crippen MR) is 65.8 cm³/mol. The third-order valence-electron chi connectivity index (χ3n) is 2.40. The number of thiophene rings is 1. The van der Waals surface area contributed by atoms with E-state index in [1.807, 2.05) is 17.5 Å². The second-order valence-corrected chi connectivity index (χ2v) is 4.09. The van der Waals surface area contributed by atoms with Gasteiger partial charge in [-0.1, -0.05) is 18.2 Å². The fraction of sp³-hybridized carbons (Fsp3) is 0.0769. The molecule has 2 rings (SSSR count). The maximum absolute atomic E-state index is 11.6. The molecule has 0 bridgehead atoms. The smallest absolute Gasteiger partial charge is 0.338 e. The van der Waals surface area contributed by atoms with Crippen LogP contribution < -0.4 is 0 Å². The van der Waals surface area contributed by atoms with Gasteiger partial charge in [-0.15, -0.1) is 0 Å².